The molecule has 6 nitrogen and oxygen atoms in total. The van der Waals surface area contributed by atoms with Crippen LogP contribution in [0.1, 0.15) is 20.7 Å². The number of aromatic carboxylic acids is 1. The maximum atomic E-state index is 12.4. The third kappa shape index (κ3) is 3.40. The first-order chi connectivity index (χ1) is 13.1. The molecule has 2 heterocycles. The minimum atomic E-state index is -1.15. The van der Waals surface area contributed by atoms with Gasteiger partial charge in [-0.3, -0.25) is 15.1 Å². The number of nitrogens with zero attached hydrogens (tertiary/aromatic N) is 2. The SMILES string of the molecule is O=C(O)c1ccccc1C(=O)Nc1nc(-c2cnc3ccccc3c2)cs1. The van der Waals surface area contributed by atoms with Crippen molar-refractivity contribution in [2.75, 3.05) is 5.32 Å². The van der Waals surface area contributed by atoms with Crippen LogP contribution in [-0.2, 0) is 0 Å². The zero-order chi connectivity index (χ0) is 18.8. The molecule has 7 heteroatoms. The molecule has 2 aromatic heterocycles. The van der Waals surface area contributed by atoms with Gasteiger partial charge in [-0.15, -0.1) is 11.3 Å². The summed E-state index contributed by atoms with van der Waals surface area (Å²) in [7, 11) is 0. The van der Waals surface area contributed by atoms with Gasteiger partial charge < -0.3 is 5.11 Å². The van der Waals surface area contributed by atoms with E-state index in [-0.39, 0.29) is 11.1 Å². The molecule has 0 fully saturated rings. The minimum absolute atomic E-state index is 0.0505. The molecule has 2 aromatic carbocycles. The van der Waals surface area contributed by atoms with E-state index in [1.807, 2.05) is 35.7 Å². The normalized spacial score (nSPS) is 10.7. The van der Waals surface area contributed by atoms with Crippen LogP contribution >= 0.6 is 11.3 Å². The Morgan fingerprint density at radius 2 is 1.74 bits per heavy atom. The molecule has 0 aliphatic carbocycles. The molecule has 4 rings (SSSR count). The first-order valence-corrected chi connectivity index (χ1v) is 8.94. The van der Waals surface area contributed by atoms with Crippen molar-refractivity contribution in [3.05, 3.63) is 77.3 Å². The monoisotopic (exact) mass is 375 g/mol. The molecular formula is C20H13N3O3S. The molecule has 132 valence electrons. The number of pyridine rings is 1. The summed E-state index contributed by atoms with van der Waals surface area (Å²) >= 11 is 1.27. The molecule has 4 aromatic rings. The number of fused-ring (bicyclic) bond motifs is 1. The molecule has 0 bridgehead atoms. The Bertz CT molecular complexity index is 1170. The second kappa shape index (κ2) is 6.97. The molecule has 1 amide bonds. The number of para-hydroxylation sites is 1. The van der Waals surface area contributed by atoms with Gasteiger partial charge in [-0.25, -0.2) is 9.78 Å². The lowest BCUT2D eigenvalue weighted by Crippen LogP contribution is -2.16. The van der Waals surface area contributed by atoms with E-state index in [4.69, 9.17) is 0 Å². The topological polar surface area (TPSA) is 92.2 Å². The minimum Gasteiger partial charge on any atom is -0.478 e. The van der Waals surface area contributed by atoms with Gasteiger partial charge in [0, 0.05) is 22.5 Å². The highest BCUT2D eigenvalue weighted by molar-refractivity contribution is 7.14. The zero-order valence-corrected chi connectivity index (χ0v) is 14.7. The van der Waals surface area contributed by atoms with E-state index in [0.717, 1.165) is 16.5 Å². The largest absolute Gasteiger partial charge is 0.478 e. The van der Waals surface area contributed by atoms with Gasteiger partial charge in [-0.05, 0) is 24.3 Å². The lowest BCUT2D eigenvalue weighted by Gasteiger charge is -2.05. The van der Waals surface area contributed by atoms with Crippen LogP contribution in [0.25, 0.3) is 22.2 Å². The van der Waals surface area contributed by atoms with E-state index >= 15 is 0 Å². The maximum absolute atomic E-state index is 12.4. The number of rotatable bonds is 4. The number of hydrogen-bond acceptors (Lipinski definition) is 5. The Balaban J connectivity index is 1.59. The van der Waals surface area contributed by atoms with Gasteiger partial charge in [0.25, 0.3) is 5.91 Å². The number of carbonyl (C=O) groups excluding carboxylic acids is 1. The molecule has 0 saturated carbocycles. The highest BCUT2D eigenvalue weighted by atomic mass is 32.1. The maximum Gasteiger partial charge on any atom is 0.336 e. The van der Waals surface area contributed by atoms with Gasteiger partial charge >= 0.3 is 5.97 Å². The number of thiazole rings is 1. The van der Waals surface area contributed by atoms with Crippen LogP contribution < -0.4 is 5.32 Å². The van der Waals surface area contributed by atoms with Crippen LogP contribution in [0.5, 0.6) is 0 Å². The lowest BCUT2D eigenvalue weighted by molar-refractivity contribution is 0.0692. The van der Waals surface area contributed by atoms with Crippen molar-refractivity contribution < 1.29 is 14.7 Å². The number of benzene rings is 2. The molecule has 0 radical (unpaired) electrons. The van der Waals surface area contributed by atoms with E-state index in [9.17, 15) is 14.7 Å². The van der Waals surface area contributed by atoms with E-state index in [0.29, 0.717) is 10.8 Å². The Labute approximate surface area is 158 Å². The number of anilines is 1. The van der Waals surface area contributed by atoms with Gasteiger partial charge in [-0.1, -0.05) is 30.3 Å². The standard InChI is InChI=1S/C20H13N3O3S/c24-18(14-6-2-3-7-15(14)19(25)26)23-20-22-17(11-27-20)13-9-12-5-1-4-8-16(12)21-10-13/h1-11H,(H,25,26)(H,22,23,24). The molecule has 2 N–H and O–H groups in total. The fourth-order valence-electron chi connectivity index (χ4n) is 2.71. The predicted octanol–water partition coefficient (Wildman–Crippen LogP) is 4.31. The Morgan fingerprint density at radius 1 is 1.00 bits per heavy atom. The van der Waals surface area contributed by atoms with Gasteiger partial charge in [0.15, 0.2) is 5.13 Å². The fourth-order valence-corrected chi connectivity index (χ4v) is 3.42. The van der Waals surface area contributed by atoms with E-state index in [2.05, 4.69) is 15.3 Å². The zero-order valence-electron chi connectivity index (χ0n) is 13.9. The van der Waals surface area contributed by atoms with Gasteiger partial charge in [0.2, 0.25) is 0 Å². The van der Waals surface area contributed by atoms with Crippen molar-refractivity contribution in [2.45, 2.75) is 0 Å². The average molecular weight is 375 g/mol. The molecule has 0 aliphatic rings. The summed E-state index contributed by atoms with van der Waals surface area (Å²) in [6, 6.07) is 15.8. The van der Waals surface area contributed by atoms with Crippen molar-refractivity contribution in [3.8, 4) is 11.3 Å². The Morgan fingerprint density at radius 3 is 2.56 bits per heavy atom. The predicted molar refractivity (Wildman–Crippen MR) is 104 cm³/mol. The van der Waals surface area contributed by atoms with Gasteiger partial charge in [-0.2, -0.15) is 0 Å². The number of amides is 1. The van der Waals surface area contributed by atoms with Crippen molar-refractivity contribution in [1.82, 2.24) is 9.97 Å². The third-order valence-electron chi connectivity index (χ3n) is 4.01. The molecule has 0 saturated heterocycles. The summed E-state index contributed by atoms with van der Waals surface area (Å²) < 4.78 is 0. The smallest absolute Gasteiger partial charge is 0.336 e. The highest BCUT2D eigenvalue weighted by Crippen LogP contribution is 2.27. The van der Waals surface area contributed by atoms with Gasteiger partial charge in [0.1, 0.15) is 0 Å². The fraction of sp³-hybridized carbons (Fsp3) is 0. The molecule has 0 spiro atoms. The third-order valence-corrected chi connectivity index (χ3v) is 4.77. The summed E-state index contributed by atoms with van der Waals surface area (Å²) in [5.41, 5.74) is 2.48. The summed E-state index contributed by atoms with van der Waals surface area (Å²) in [5, 5.41) is 15.1. The first kappa shape index (κ1) is 16.9. The van der Waals surface area contributed by atoms with Crippen LogP contribution in [0.3, 0.4) is 0 Å². The second-order valence-corrected chi connectivity index (χ2v) is 6.62. The van der Waals surface area contributed by atoms with Crippen molar-refractivity contribution in [3.63, 3.8) is 0 Å². The molecule has 0 unspecified atom stereocenters. The number of nitrogens with one attached hydrogen (secondary N) is 1. The van der Waals surface area contributed by atoms with Crippen LogP contribution in [0.4, 0.5) is 5.13 Å². The van der Waals surface area contributed by atoms with Crippen LogP contribution in [0.15, 0.2) is 66.2 Å². The lowest BCUT2D eigenvalue weighted by atomic mass is 10.1. The van der Waals surface area contributed by atoms with E-state index in [1.54, 1.807) is 18.3 Å². The first-order valence-electron chi connectivity index (χ1n) is 8.06. The van der Waals surface area contributed by atoms with Crippen molar-refractivity contribution >= 4 is 39.2 Å². The Kier molecular flexibility index (Phi) is 4.35. The molecule has 0 aliphatic heterocycles. The molecule has 0 atom stereocenters. The average Bonchev–Trinajstić information content (AvgIpc) is 3.16. The summed E-state index contributed by atoms with van der Waals surface area (Å²) in [6.45, 7) is 0. The molecular weight excluding hydrogens is 362 g/mol. The number of carboxylic acid groups (broad SMARTS) is 1. The number of aromatic nitrogens is 2. The van der Waals surface area contributed by atoms with E-state index in [1.165, 1.54) is 23.5 Å². The number of hydrogen-bond donors (Lipinski definition) is 2. The van der Waals surface area contributed by atoms with Crippen LogP contribution in [-0.4, -0.2) is 27.0 Å². The van der Waals surface area contributed by atoms with Crippen LogP contribution in [0.2, 0.25) is 0 Å². The quantitative estimate of drug-likeness (QED) is 0.554. The Hall–Kier alpha value is -3.58. The summed E-state index contributed by atoms with van der Waals surface area (Å²) in [6.07, 6.45) is 1.74. The highest BCUT2D eigenvalue weighted by Gasteiger charge is 2.17. The van der Waals surface area contributed by atoms with E-state index < -0.39 is 11.9 Å². The summed E-state index contributed by atoms with van der Waals surface area (Å²) in [5.74, 6) is -1.66. The van der Waals surface area contributed by atoms with Gasteiger partial charge in [0.05, 0.1) is 22.3 Å². The van der Waals surface area contributed by atoms with Crippen molar-refractivity contribution in [1.29, 1.82) is 0 Å². The number of carbonyl (C=O) groups is 2. The second-order valence-electron chi connectivity index (χ2n) is 5.76. The summed E-state index contributed by atoms with van der Waals surface area (Å²) in [4.78, 5) is 32.6. The number of carboxylic acids is 1. The van der Waals surface area contributed by atoms with Crippen LogP contribution in [0, 0.1) is 0 Å². The molecule has 27 heavy (non-hydrogen) atoms. The van der Waals surface area contributed by atoms with Crippen molar-refractivity contribution in [2.24, 2.45) is 0 Å².